The van der Waals surface area contributed by atoms with E-state index in [9.17, 15) is 4.79 Å². The Morgan fingerprint density at radius 1 is 1.73 bits per heavy atom. The lowest BCUT2D eigenvalue weighted by Crippen LogP contribution is -2.50. The van der Waals surface area contributed by atoms with E-state index >= 15 is 0 Å². The number of nitrogens with one attached hydrogen (secondary N) is 1. The topological polar surface area (TPSA) is 61.8 Å². The third kappa shape index (κ3) is 3.77. The van der Waals surface area contributed by atoms with E-state index in [2.05, 4.69) is 17.1 Å². The molecular weight excluding hydrogens is 196 g/mol. The highest BCUT2D eigenvalue weighted by atomic mass is 16.5. The summed E-state index contributed by atoms with van der Waals surface area (Å²) >= 11 is 0. The fourth-order valence-electron chi connectivity index (χ4n) is 1.74. The summed E-state index contributed by atoms with van der Waals surface area (Å²) in [6, 6.07) is -0.486. The predicted molar refractivity (Wildman–Crippen MR) is 57.0 cm³/mol. The number of ether oxygens (including phenoxy) is 1. The molecule has 0 spiro atoms. The van der Waals surface area contributed by atoms with Gasteiger partial charge in [-0.05, 0) is 13.5 Å². The van der Waals surface area contributed by atoms with Crippen LogP contribution in [0.5, 0.6) is 0 Å². The summed E-state index contributed by atoms with van der Waals surface area (Å²) in [5, 5.41) is 11.7. The molecule has 0 radical (unpaired) electrons. The first kappa shape index (κ1) is 12.4. The maximum absolute atomic E-state index is 10.8. The van der Waals surface area contributed by atoms with Crippen molar-refractivity contribution in [2.24, 2.45) is 0 Å². The number of carboxylic acid groups (broad SMARTS) is 1. The smallest absolute Gasteiger partial charge is 0.322 e. The Hall–Kier alpha value is -0.650. The molecule has 2 unspecified atom stereocenters. The van der Waals surface area contributed by atoms with Crippen LogP contribution in [0.15, 0.2) is 0 Å². The summed E-state index contributed by atoms with van der Waals surface area (Å²) in [7, 11) is 1.68. The van der Waals surface area contributed by atoms with Gasteiger partial charge in [0.05, 0.1) is 12.7 Å². The number of carbonyl (C=O) groups is 1. The van der Waals surface area contributed by atoms with Crippen LogP contribution in [-0.4, -0.2) is 61.4 Å². The lowest BCUT2D eigenvalue weighted by molar-refractivity contribution is -0.140. The van der Waals surface area contributed by atoms with Gasteiger partial charge in [-0.25, -0.2) is 0 Å². The zero-order chi connectivity index (χ0) is 11.3. The summed E-state index contributed by atoms with van der Waals surface area (Å²) in [6.45, 7) is 4.99. The van der Waals surface area contributed by atoms with Crippen LogP contribution in [0.25, 0.3) is 0 Å². The van der Waals surface area contributed by atoms with Crippen molar-refractivity contribution in [3.8, 4) is 0 Å². The average Bonchev–Trinajstić information content (AvgIpc) is 2.25. The molecule has 0 aromatic heterocycles. The van der Waals surface area contributed by atoms with Gasteiger partial charge in [-0.2, -0.15) is 0 Å². The lowest BCUT2D eigenvalue weighted by Gasteiger charge is -2.33. The van der Waals surface area contributed by atoms with E-state index in [1.165, 1.54) is 0 Å². The van der Waals surface area contributed by atoms with E-state index in [0.29, 0.717) is 13.2 Å². The first-order valence-electron chi connectivity index (χ1n) is 5.41. The Morgan fingerprint density at radius 2 is 2.47 bits per heavy atom. The minimum atomic E-state index is -0.794. The molecule has 1 rings (SSSR count). The van der Waals surface area contributed by atoms with Gasteiger partial charge in [-0.1, -0.05) is 6.92 Å². The van der Waals surface area contributed by atoms with Crippen molar-refractivity contribution in [1.29, 1.82) is 0 Å². The van der Waals surface area contributed by atoms with Crippen molar-refractivity contribution in [2.45, 2.75) is 25.5 Å². The molecule has 1 saturated heterocycles. The molecule has 0 bridgehead atoms. The summed E-state index contributed by atoms with van der Waals surface area (Å²) < 4.78 is 5.52. The molecule has 1 fully saturated rings. The monoisotopic (exact) mass is 216 g/mol. The number of hydrogen-bond acceptors (Lipinski definition) is 4. The van der Waals surface area contributed by atoms with Crippen molar-refractivity contribution in [1.82, 2.24) is 10.2 Å². The SMILES string of the molecule is CCC1CN(CC(NC)C(=O)O)CCO1. The number of nitrogens with zero attached hydrogens (tertiary/aromatic N) is 1. The normalized spacial score (nSPS) is 25.1. The van der Waals surface area contributed by atoms with E-state index in [0.717, 1.165) is 19.5 Å². The average molecular weight is 216 g/mol. The van der Waals surface area contributed by atoms with Gasteiger partial charge in [-0.3, -0.25) is 9.69 Å². The maximum atomic E-state index is 10.8. The minimum Gasteiger partial charge on any atom is -0.480 e. The summed E-state index contributed by atoms with van der Waals surface area (Å²) in [6.07, 6.45) is 1.23. The molecule has 0 saturated carbocycles. The molecule has 0 aromatic rings. The molecule has 5 heteroatoms. The second-order valence-electron chi connectivity index (χ2n) is 3.84. The largest absolute Gasteiger partial charge is 0.480 e. The van der Waals surface area contributed by atoms with Gasteiger partial charge in [0, 0.05) is 19.6 Å². The first-order valence-corrected chi connectivity index (χ1v) is 5.41. The first-order chi connectivity index (χ1) is 7.17. The Morgan fingerprint density at radius 3 is 3.00 bits per heavy atom. The number of likely N-dealkylation sites (N-methyl/N-ethyl adjacent to an activating group) is 1. The van der Waals surface area contributed by atoms with Crippen LogP contribution in [0.3, 0.4) is 0 Å². The van der Waals surface area contributed by atoms with Gasteiger partial charge in [0.25, 0.3) is 0 Å². The van der Waals surface area contributed by atoms with Gasteiger partial charge >= 0.3 is 5.97 Å². The van der Waals surface area contributed by atoms with Gasteiger partial charge in [-0.15, -0.1) is 0 Å². The Bertz CT molecular complexity index is 211. The minimum absolute atomic E-state index is 0.255. The van der Waals surface area contributed by atoms with Crippen LogP contribution >= 0.6 is 0 Å². The van der Waals surface area contributed by atoms with Crippen molar-refractivity contribution in [2.75, 3.05) is 33.3 Å². The van der Waals surface area contributed by atoms with E-state index in [1.807, 2.05) is 0 Å². The molecule has 15 heavy (non-hydrogen) atoms. The second kappa shape index (κ2) is 6.05. The van der Waals surface area contributed by atoms with E-state index < -0.39 is 12.0 Å². The Balaban J connectivity index is 2.39. The molecular formula is C10H20N2O3. The fourth-order valence-corrected chi connectivity index (χ4v) is 1.74. The number of rotatable bonds is 5. The van der Waals surface area contributed by atoms with Crippen LogP contribution in [0.2, 0.25) is 0 Å². The van der Waals surface area contributed by atoms with Gasteiger partial charge in [0.1, 0.15) is 6.04 Å². The quantitative estimate of drug-likeness (QED) is 0.664. The number of hydrogen-bond donors (Lipinski definition) is 2. The highest BCUT2D eigenvalue weighted by molar-refractivity contribution is 5.73. The van der Waals surface area contributed by atoms with Crippen LogP contribution in [0.4, 0.5) is 0 Å². The van der Waals surface area contributed by atoms with Crippen molar-refractivity contribution in [3.63, 3.8) is 0 Å². The summed E-state index contributed by atoms with van der Waals surface area (Å²) in [5.41, 5.74) is 0. The van der Waals surface area contributed by atoms with Crippen LogP contribution in [0.1, 0.15) is 13.3 Å². The standard InChI is InChI=1S/C10H20N2O3/c1-3-8-6-12(4-5-15-8)7-9(11-2)10(13)14/h8-9,11H,3-7H2,1-2H3,(H,13,14). The molecule has 2 N–H and O–H groups in total. The third-order valence-electron chi connectivity index (χ3n) is 2.77. The molecule has 1 heterocycles. The van der Waals surface area contributed by atoms with E-state index in [1.54, 1.807) is 7.05 Å². The van der Waals surface area contributed by atoms with Crippen molar-refractivity contribution < 1.29 is 14.6 Å². The van der Waals surface area contributed by atoms with Gasteiger partial charge in [0.15, 0.2) is 0 Å². The molecule has 1 aliphatic rings. The molecule has 5 nitrogen and oxygen atoms in total. The molecule has 1 aliphatic heterocycles. The van der Waals surface area contributed by atoms with Gasteiger partial charge in [0.2, 0.25) is 0 Å². The molecule has 88 valence electrons. The van der Waals surface area contributed by atoms with E-state index in [-0.39, 0.29) is 6.10 Å². The fraction of sp³-hybridized carbons (Fsp3) is 0.900. The molecule has 2 atom stereocenters. The summed E-state index contributed by atoms with van der Waals surface area (Å²) in [5.74, 6) is -0.794. The van der Waals surface area contributed by atoms with Gasteiger partial charge < -0.3 is 15.2 Å². The summed E-state index contributed by atoms with van der Waals surface area (Å²) in [4.78, 5) is 13.0. The van der Waals surface area contributed by atoms with Crippen LogP contribution < -0.4 is 5.32 Å². The van der Waals surface area contributed by atoms with Crippen molar-refractivity contribution >= 4 is 5.97 Å². The Kier molecular flexibility index (Phi) is 5.01. The highest BCUT2D eigenvalue weighted by Gasteiger charge is 2.24. The zero-order valence-corrected chi connectivity index (χ0v) is 9.40. The predicted octanol–water partition coefficient (Wildman–Crippen LogP) is -0.230. The maximum Gasteiger partial charge on any atom is 0.322 e. The molecule has 0 aromatic carbocycles. The number of morpholine rings is 1. The molecule has 0 amide bonds. The number of aliphatic carboxylic acids is 1. The highest BCUT2D eigenvalue weighted by Crippen LogP contribution is 2.08. The third-order valence-corrected chi connectivity index (χ3v) is 2.77. The number of carboxylic acids is 1. The molecule has 0 aliphatic carbocycles. The second-order valence-corrected chi connectivity index (χ2v) is 3.84. The lowest BCUT2D eigenvalue weighted by atomic mass is 10.2. The van der Waals surface area contributed by atoms with Crippen LogP contribution in [-0.2, 0) is 9.53 Å². The zero-order valence-electron chi connectivity index (χ0n) is 9.40. The van der Waals surface area contributed by atoms with Crippen LogP contribution in [0, 0.1) is 0 Å². The Labute approximate surface area is 90.4 Å². The van der Waals surface area contributed by atoms with Crippen molar-refractivity contribution in [3.05, 3.63) is 0 Å². The van der Waals surface area contributed by atoms with E-state index in [4.69, 9.17) is 9.84 Å².